The largest absolute Gasteiger partial charge is 0.494 e. The van der Waals surface area contributed by atoms with Crippen molar-refractivity contribution in [3.05, 3.63) is 40.7 Å². The Bertz CT molecular complexity index is 870. The molecule has 1 aromatic heterocycles. The highest BCUT2D eigenvalue weighted by Crippen LogP contribution is 2.24. The zero-order valence-electron chi connectivity index (χ0n) is 19.0. The van der Waals surface area contributed by atoms with Gasteiger partial charge in [-0.05, 0) is 49.9 Å². The number of aromatic amines is 1. The van der Waals surface area contributed by atoms with Gasteiger partial charge in [-0.3, -0.25) is 9.59 Å². The fourth-order valence-electron chi connectivity index (χ4n) is 4.57. The first kappa shape index (κ1) is 23.4. The Kier molecular flexibility index (Phi) is 9.44. The SMILES string of the molecule is CCCCCCCN(C(=O)CCCOc1ccc2[nH]c(=O)ccc2c1)C1CCCCC1. The van der Waals surface area contributed by atoms with Gasteiger partial charge in [-0.25, -0.2) is 0 Å². The van der Waals surface area contributed by atoms with Crippen molar-refractivity contribution in [1.29, 1.82) is 0 Å². The summed E-state index contributed by atoms with van der Waals surface area (Å²) in [5.41, 5.74) is 0.699. The molecule has 170 valence electrons. The van der Waals surface area contributed by atoms with E-state index in [4.69, 9.17) is 4.74 Å². The second-order valence-corrected chi connectivity index (χ2v) is 8.82. The number of nitrogens with zero attached hydrogens (tertiary/aromatic N) is 1. The lowest BCUT2D eigenvalue weighted by Crippen LogP contribution is -2.42. The molecule has 1 fully saturated rings. The van der Waals surface area contributed by atoms with Crippen molar-refractivity contribution in [3.8, 4) is 5.75 Å². The molecule has 1 aromatic carbocycles. The number of ether oxygens (including phenoxy) is 1. The number of unbranched alkanes of at least 4 members (excludes halogenated alkanes) is 4. The Morgan fingerprint density at radius 3 is 2.65 bits per heavy atom. The molecule has 0 spiro atoms. The number of hydrogen-bond donors (Lipinski definition) is 1. The number of aromatic nitrogens is 1. The van der Waals surface area contributed by atoms with Crippen LogP contribution in [0.5, 0.6) is 5.75 Å². The van der Waals surface area contributed by atoms with Crippen LogP contribution in [-0.2, 0) is 4.79 Å². The fraction of sp³-hybridized carbons (Fsp3) is 0.615. The lowest BCUT2D eigenvalue weighted by molar-refractivity contribution is -0.134. The highest BCUT2D eigenvalue weighted by atomic mass is 16.5. The summed E-state index contributed by atoms with van der Waals surface area (Å²) in [4.78, 5) is 29.4. The number of amides is 1. The van der Waals surface area contributed by atoms with E-state index in [2.05, 4.69) is 16.8 Å². The van der Waals surface area contributed by atoms with Crippen LogP contribution >= 0.6 is 0 Å². The normalized spacial score (nSPS) is 14.6. The summed E-state index contributed by atoms with van der Waals surface area (Å²) >= 11 is 0. The summed E-state index contributed by atoms with van der Waals surface area (Å²) in [6, 6.07) is 9.42. The Hall–Kier alpha value is -2.30. The molecule has 2 aromatic rings. The highest BCUT2D eigenvalue weighted by Gasteiger charge is 2.24. The van der Waals surface area contributed by atoms with Gasteiger partial charge in [0, 0.05) is 36.0 Å². The molecule has 1 amide bonds. The second kappa shape index (κ2) is 12.5. The number of carbonyl (C=O) groups excluding carboxylic acids is 1. The third-order valence-electron chi connectivity index (χ3n) is 6.34. The Morgan fingerprint density at radius 1 is 1.03 bits per heavy atom. The van der Waals surface area contributed by atoms with Gasteiger partial charge in [0.15, 0.2) is 0 Å². The van der Waals surface area contributed by atoms with Gasteiger partial charge >= 0.3 is 0 Å². The van der Waals surface area contributed by atoms with Gasteiger partial charge in [-0.1, -0.05) is 51.9 Å². The van der Waals surface area contributed by atoms with Crippen LogP contribution in [0.1, 0.15) is 84.0 Å². The van der Waals surface area contributed by atoms with Gasteiger partial charge in [0.25, 0.3) is 0 Å². The molecule has 1 saturated carbocycles. The Labute approximate surface area is 186 Å². The molecule has 5 heteroatoms. The van der Waals surface area contributed by atoms with Crippen molar-refractivity contribution in [2.45, 2.75) is 90.0 Å². The number of hydrogen-bond acceptors (Lipinski definition) is 3. The van der Waals surface area contributed by atoms with Gasteiger partial charge in [-0.15, -0.1) is 0 Å². The van der Waals surface area contributed by atoms with Crippen molar-refractivity contribution < 1.29 is 9.53 Å². The predicted molar refractivity (Wildman–Crippen MR) is 127 cm³/mol. The first-order valence-electron chi connectivity index (χ1n) is 12.2. The lowest BCUT2D eigenvalue weighted by Gasteiger charge is -2.34. The highest BCUT2D eigenvalue weighted by molar-refractivity contribution is 5.79. The van der Waals surface area contributed by atoms with Crippen LogP contribution in [0.25, 0.3) is 10.9 Å². The van der Waals surface area contributed by atoms with Gasteiger partial charge in [-0.2, -0.15) is 0 Å². The van der Waals surface area contributed by atoms with Crippen LogP contribution in [0.3, 0.4) is 0 Å². The van der Waals surface area contributed by atoms with Crippen molar-refractivity contribution in [2.75, 3.05) is 13.2 Å². The fourth-order valence-corrected chi connectivity index (χ4v) is 4.57. The van der Waals surface area contributed by atoms with Crippen molar-refractivity contribution >= 4 is 16.8 Å². The maximum atomic E-state index is 13.0. The van der Waals surface area contributed by atoms with Crippen LogP contribution in [0, 0.1) is 0 Å². The summed E-state index contributed by atoms with van der Waals surface area (Å²) in [5, 5.41) is 0.944. The molecule has 0 bridgehead atoms. The van der Waals surface area contributed by atoms with E-state index in [-0.39, 0.29) is 5.56 Å². The third kappa shape index (κ3) is 7.41. The zero-order chi connectivity index (χ0) is 21.9. The van der Waals surface area contributed by atoms with E-state index >= 15 is 0 Å². The molecule has 0 saturated heterocycles. The van der Waals surface area contributed by atoms with Crippen LogP contribution in [0.2, 0.25) is 0 Å². The number of rotatable bonds is 12. The second-order valence-electron chi connectivity index (χ2n) is 8.82. The molecular weight excluding hydrogens is 388 g/mol. The topological polar surface area (TPSA) is 62.4 Å². The van der Waals surface area contributed by atoms with E-state index in [0.29, 0.717) is 25.0 Å². The quantitative estimate of drug-likeness (QED) is 0.435. The molecule has 1 N–H and O–H groups in total. The number of carbonyl (C=O) groups is 1. The van der Waals surface area contributed by atoms with E-state index in [1.54, 1.807) is 6.07 Å². The summed E-state index contributed by atoms with van der Waals surface area (Å²) in [6.45, 7) is 3.67. The average molecular weight is 427 g/mol. The van der Waals surface area contributed by atoms with E-state index in [9.17, 15) is 9.59 Å². The molecule has 0 radical (unpaired) electrons. The van der Waals surface area contributed by atoms with Gasteiger partial charge in [0.1, 0.15) is 5.75 Å². The van der Waals surface area contributed by atoms with E-state index in [1.165, 1.54) is 51.0 Å². The molecule has 31 heavy (non-hydrogen) atoms. The molecular formula is C26H38N2O3. The number of benzene rings is 1. The average Bonchev–Trinajstić information content (AvgIpc) is 2.79. The molecule has 1 aliphatic rings. The van der Waals surface area contributed by atoms with E-state index in [1.807, 2.05) is 18.2 Å². The smallest absolute Gasteiger partial charge is 0.248 e. The minimum absolute atomic E-state index is 0.104. The molecule has 0 atom stereocenters. The van der Waals surface area contributed by atoms with Crippen molar-refractivity contribution in [3.63, 3.8) is 0 Å². The number of nitrogens with one attached hydrogen (secondary N) is 1. The minimum Gasteiger partial charge on any atom is -0.494 e. The number of pyridine rings is 1. The standard InChI is InChI=1S/C26H38N2O3/c1-2-3-4-5-9-18-28(22-11-7-6-8-12-22)26(30)13-10-19-31-23-15-16-24-21(20-23)14-17-25(29)27-24/h14-17,20,22H,2-13,18-19H2,1H3,(H,27,29). The third-order valence-corrected chi connectivity index (χ3v) is 6.34. The Balaban J connectivity index is 1.46. The molecule has 1 aliphatic carbocycles. The summed E-state index contributed by atoms with van der Waals surface area (Å²) in [5.74, 6) is 1.06. The molecule has 1 heterocycles. The van der Waals surface area contributed by atoms with Gasteiger partial charge in [0.05, 0.1) is 6.61 Å². The van der Waals surface area contributed by atoms with Crippen LogP contribution in [0.4, 0.5) is 0 Å². The van der Waals surface area contributed by atoms with Crippen LogP contribution < -0.4 is 10.3 Å². The van der Waals surface area contributed by atoms with Crippen molar-refractivity contribution in [1.82, 2.24) is 9.88 Å². The lowest BCUT2D eigenvalue weighted by atomic mass is 9.93. The van der Waals surface area contributed by atoms with Gasteiger partial charge < -0.3 is 14.6 Å². The number of fused-ring (bicyclic) bond motifs is 1. The predicted octanol–water partition coefficient (Wildman–Crippen LogP) is 5.82. The molecule has 0 aliphatic heterocycles. The maximum Gasteiger partial charge on any atom is 0.248 e. The Morgan fingerprint density at radius 2 is 1.84 bits per heavy atom. The maximum absolute atomic E-state index is 13.0. The molecule has 3 rings (SSSR count). The van der Waals surface area contributed by atoms with Gasteiger partial charge in [0.2, 0.25) is 11.5 Å². The summed E-state index contributed by atoms with van der Waals surface area (Å²) < 4.78 is 5.88. The van der Waals surface area contributed by atoms with Crippen LogP contribution in [0.15, 0.2) is 35.1 Å². The summed E-state index contributed by atoms with van der Waals surface area (Å²) in [7, 11) is 0. The number of H-pyrrole nitrogens is 1. The summed E-state index contributed by atoms with van der Waals surface area (Å²) in [6.07, 6.45) is 13.6. The first-order valence-corrected chi connectivity index (χ1v) is 12.2. The first-order chi connectivity index (χ1) is 15.2. The van der Waals surface area contributed by atoms with Crippen LogP contribution in [-0.4, -0.2) is 35.0 Å². The monoisotopic (exact) mass is 426 g/mol. The van der Waals surface area contributed by atoms with E-state index < -0.39 is 0 Å². The van der Waals surface area contributed by atoms with E-state index in [0.717, 1.165) is 48.9 Å². The molecule has 5 nitrogen and oxygen atoms in total. The molecule has 0 unspecified atom stereocenters. The minimum atomic E-state index is -0.104. The van der Waals surface area contributed by atoms with Crippen molar-refractivity contribution in [2.24, 2.45) is 0 Å². The zero-order valence-corrected chi connectivity index (χ0v) is 19.0.